The van der Waals surface area contributed by atoms with E-state index in [2.05, 4.69) is 9.97 Å². The minimum atomic E-state index is -0.456. The summed E-state index contributed by atoms with van der Waals surface area (Å²) >= 11 is 0. The van der Waals surface area contributed by atoms with Gasteiger partial charge in [0.25, 0.3) is 5.56 Å². The second kappa shape index (κ2) is 5.42. The Labute approximate surface area is 135 Å². The first-order valence-electron chi connectivity index (χ1n) is 7.37. The van der Waals surface area contributed by atoms with Crippen molar-refractivity contribution in [3.05, 3.63) is 76.7 Å². The van der Waals surface area contributed by atoms with Crippen molar-refractivity contribution in [2.45, 2.75) is 6.54 Å². The Morgan fingerprint density at radius 1 is 1.17 bits per heavy atom. The molecule has 4 aromatic rings. The van der Waals surface area contributed by atoms with Crippen molar-refractivity contribution in [2.75, 3.05) is 0 Å². The highest BCUT2D eigenvalue weighted by Crippen LogP contribution is 2.18. The van der Waals surface area contributed by atoms with Gasteiger partial charge in [0.15, 0.2) is 5.78 Å². The van der Waals surface area contributed by atoms with Crippen molar-refractivity contribution >= 4 is 27.6 Å². The van der Waals surface area contributed by atoms with Crippen LogP contribution >= 0.6 is 0 Å². The number of rotatable bonds is 3. The van der Waals surface area contributed by atoms with Crippen molar-refractivity contribution in [1.29, 1.82) is 0 Å². The number of hydrogen-bond donors (Lipinski definition) is 1. The maximum absolute atomic E-state index is 13.2. The van der Waals surface area contributed by atoms with Crippen molar-refractivity contribution in [3.63, 3.8) is 0 Å². The summed E-state index contributed by atoms with van der Waals surface area (Å²) in [5.74, 6) is -0.653. The summed E-state index contributed by atoms with van der Waals surface area (Å²) in [6, 6.07) is 11.2. The number of hydrogen-bond acceptors (Lipinski definition) is 3. The largest absolute Gasteiger partial charge is 0.360 e. The molecule has 0 spiro atoms. The van der Waals surface area contributed by atoms with E-state index in [1.54, 1.807) is 6.20 Å². The average molecular weight is 321 g/mol. The number of aromatic amines is 1. The molecule has 0 aliphatic carbocycles. The van der Waals surface area contributed by atoms with E-state index in [1.165, 1.54) is 29.1 Å². The second-order valence-corrected chi connectivity index (χ2v) is 5.51. The number of aromatic nitrogens is 3. The van der Waals surface area contributed by atoms with E-state index in [1.807, 2.05) is 24.3 Å². The number of carbonyl (C=O) groups is 1. The molecule has 0 aliphatic heterocycles. The van der Waals surface area contributed by atoms with Crippen LogP contribution in [0.3, 0.4) is 0 Å². The van der Waals surface area contributed by atoms with Gasteiger partial charge in [0, 0.05) is 28.7 Å². The van der Waals surface area contributed by atoms with E-state index >= 15 is 0 Å². The lowest BCUT2D eigenvalue weighted by molar-refractivity contribution is 0.0972. The monoisotopic (exact) mass is 321 g/mol. The summed E-state index contributed by atoms with van der Waals surface area (Å²) in [6.45, 7) is -0.124. The van der Waals surface area contributed by atoms with Gasteiger partial charge in [-0.25, -0.2) is 9.37 Å². The van der Waals surface area contributed by atoms with Gasteiger partial charge in [0.2, 0.25) is 0 Å². The van der Waals surface area contributed by atoms with Gasteiger partial charge in [-0.2, -0.15) is 0 Å². The van der Waals surface area contributed by atoms with E-state index in [-0.39, 0.29) is 28.8 Å². The number of Topliss-reactive ketones (excluding diaryl/α,β-unsaturated/α-hetero) is 1. The number of para-hydroxylation sites is 1. The lowest BCUT2D eigenvalue weighted by Crippen LogP contribution is -2.24. The zero-order valence-electron chi connectivity index (χ0n) is 12.5. The molecule has 0 radical (unpaired) electrons. The number of nitrogens with one attached hydrogen (secondary N) is 1. The number of ketones is 1. The molecule has 2 heterocycles. The summed E-state index contributed by atoms with van der Waals surface area (Å²) in [7, 11) is 0. The standard InChI is InChI=1S/C18H12FN3O2/c19-11-5-6-13-16(7-11)21-10-22(18(13)24)9-17(23)14-8-20-15-4-2-1-3-12(14)15/h1-8,10,20H,9H2. The van der Waals surface area contributed by atoms with Crippen molar-refractivity contribution < 1.29 is 9.18 Å². The lowest BCUT2D eigenvalue weighted by Gasteiger charge is -2.06. The molecule has 5 nitrogen and oxygen atoms in total. The molecule has 0 aliphatic rings. The maximum atomic E-state index is 13.2. The number of carbonyl (C=O) groups excluding carboxylic acids is 1. The Balaban J connectivity index is 1.74. The highest BCUT2D eigenvalue weighted by atomic mass is 19.1. The van der Waals surface area contributed by atoms with Gasteiger partial charge < -0.3 is 4.98 Å². The number of fused-ring (bicyclic) bond motifs is 2. The second-order valence-electron chi connectivity index (χ2n) is 5.51. The molecule has 0 saturated carbocycles. The Morgan fingerprint density at radius 2 is 2.00 bits per heavy atom. The number of nitrogens with zero attached hydrogens (tertiary/aromatic N) is 2. The molecule has 0 atom stereocenters. The van der Waals surface area contributed by atoms with Crippen LogP contribution in [0.5, 0.6) is 0 Å². The van der Waals surface area contributed by atoms with Crippen LogP contribution in [0.25, 0.3) is 21.8 Å². The van der Waals surface area contributed by atoms with Crippen LogP contribution in [-0.4, -0.2) is 20.3 Å². The molecule has 0 unspecified atom stereocenters. The zero-order valence-corrected chi connectivity index (χ0v) is 12.5. The molecule has 6 heteroatoms. The first-order chi connectivity index (χ1) is 11.6. The fraction of sp³-hybridized carbons (Fsp3) is 0.0556. The lowest BCUT2D eigenvalue weighted by atomic mass is 10.1. The third-order valence-corrected chi connectivity index (χ3v) is 3.99. The van der Waals surface area contributed by atoms with Crippen LogP contribution < -0.4 is 5.56 Å². The molecular formula is C18H12FN3O2. The third kappa shape index (κ3) is 2.28. The van der Waals surface area contributed by atoms with E-state index in [0.29, 0.717) is 5.56 Å². The van der Waals surface area contributed by atoms with Crippen molar-refractivity contribution in [3.8, 4) is 0 Å². The topological polar surface area (TPSA) is 67.8 Å². The predicted molar refractivity (Wildman–Crippen MR) is 88.6 cm³/mol. The van der Waals surface area contributed by atoms with Crippen LogP contribution in [-0.2, 0) is 6.54 Å². The Morgan fingerprint density at radius 3 is 2.88 bits per heavy atom. The molecule has 0 bridgehead atoms. The van der Waals surface area contributed by atoms with Crippen LogP contribution in [0.15, 0.2) is 59.8 Å². The SMILES string of the molecule is O=C(Cn1cnc2cc(F)ccc2c1=O)c1c[nH]c2ccccc12. The quantitative estimate of drug-likeness (QED) is 0.590. The Bertz CT molecular complexity index is 1140. The van der Waals surface area contributed by atoms with Crippen LogP contribution in [0.2, 0.25) is 0 Å². The van der Waals surface area contributed by atoms with Gasteiger partial charge in [-0.05, 0) is 18.2 Å². The maximum Gasteiger partial charge on any atom is 0.261 e. The first-order valence-corrected chi connectivity index (χ1v) is 7.37. The molecule has 0 amide bonds. The highest BCUT2D eigenvalue weighted by molar-refractivity contribution is 6.07. The Kier molecular flexibility index (Phi) is 3.23. The molecule has 0 fully saturated rings. The molecule has 0 saturated heterocycles. The van der Waals surface area contributed by atoms with Gasteiger partial charge in [-0.3, -0.25) is 14.2 Å². The highest BCUT2D eigenvalue weighted by Gasteiger charge is 2.14. The minimum absolute atomic E-state index is 0.124. The van der Waals surface area contributed by atoms with Gasteiger partial charge in [0.05, 0.1) is 23.8 Å². The van der Waals surface area contributed by atoms with Gasteiger partial charge in [-0.1, -0.05) is 18.2 Å². The third-order valence-electron chi connectivity index (χ3n) is 3.99. The Hall–Kier alpha value is -3.28. The van der Waals surface area contributed by atoms with Crippen molar-refractivity contribution in [1.82, 2.24) is 14.5 Å². The minimum Gasteiger partial charge on any atom is -0.360 e. The fourth-order valence-electron chi connectivity index (χ4n) is 2.79. The molecule has 2 aromatic carbocycles. The summed E-state index contributed by atoms with van der Waals surface area (Å²) in [5, 5.41) is 1.09. The average Bonchev–Trinajstić information content (AvgIpc) is 3.01. The molecule has 2 aromatic heterocycles. The molecule has 4 rings (SSSR count). The zero-order chi connectivity index (χ0) is 16.7. The fourth-order valence-corrected chi connectivity index (χ4v) is 2.79. The van der Waals surface area contributed by atoms with Crippen molar-refractivity contribution in [2.24, 2.45) is 0 Å². The van der Waals surface area contributed by atoms with E-state index in [4.69, 9.17) is 0 Å². The van der Waals surface area contributed by atoms with Crippen LogP contribution in [0.1, 0.15) is 10.4 Å². The molecular weight excluding hydrogens is 309 g/mol. The normalized spacial score (nSPS) is 11.2. The number of H-pyrrole nitrogens is 1. The summed E-state index contributed by atoms with van der Waals surface area (Å²) in [6.07, 6.45) is 2.92. The summed E-state index contributed by atoms with van der Waals surface area (Å²) < 4.78 is 14.4. The molecule has 24 heavy (non-hydrogen) atoms. The predicted octanol–water partition coefficient (Wildman–Crippen LogP) is 2.90. The van der Waals surface area contributed by atoms with Crippen LogP contribution in [0.4, 0.5) is 4.39 Å². The van der Waals surface area contributed by atoms with Gasteiger partial charge in [0.1, 0.15) is 5.82 Å². The van der Waals surface area contributed by atoms with E-state index in [0.717, 1.165) is 10.9 Å². The summed E-state index contributed by atoms with van der Waals surface area (Å²) in [5.41, 5.74) is 1.29. The van der Waals surface area contributed by atoms with Gasteiger partial charge >= 0.3 is 0 Å². The molecule has 1 N–H and O–H groups in total. The van der Waals surface area contributed by atoms with E-state index in [9.17, 15) is 14.0 Å². The number of benzene rings is 2. The van der Waals surface area contributed by atoms with Crippen LogP contribution in [0, 0.1) is 5.82 Å². The smallest absolute Gasteiger partial charge is 0.261 e. The number of halogens is 1. The first kappa shape index (κ1) is 14.3. The van der Waals surface area contributed by atoms with Gasteiger partial charge in [-0.15, -0.1) is 0 Å². The van der Waals surface area contributed by atoms with E-state index < -0.39 is 5.82 Å². The summed E-state index contributed by atoms with van der Waals surface area (Å²) in [4.78, 5) is 32.1. The molecule has 118 valence electrons.